The number of aryl methyl sites for hydroxylation is 1. The van der Waals surface area contributed by atoms with Crippen molar-refractivity contribution in [1.29, 1.82) is 0 Å². The van der Waals surface area contributed by atoms with E-state index >= 15 is 0 Å². The maximum Gasteiger partial charge on any atom is 0.203 e. The Hall–Kier alpha value is -1.65. The van der Waals surface area contributed by atoms with Crippen LogP contribution < -0.4 is 5.32 Å². The Kier molecular flexibility index (Phi) is 3.36. The zero-order chi connectivity index (χ0) is 13.2. The number of fused-ring (bicyclic) bond motifs is 1. The molecule has 0 aliphatic heterocycles. The summed E-state index contributed by atoms with van der Waals surface area (Å²) in [6, 6.07) is 0.498. The number of hydrogen-bond donors (Lipinski definition) is 1. The summed E-state index contributed by atoms with van der Waals surface area (Å²) in [5, 5.41) is 11.9. The van der Waals surface area contributed by atoms with Gasteiger partial charge in [0.05, 0.1) is 0 Å². The van der Waals surface area contributed by atoms with Gasteiger partial charge in [-0.3, -0.25) is 4.40 Å². The highest BCUT2D eigenvalue weighted by Crippen LogP contribution is 2.26. The highest BCUT2D eigenvalue weighted by molar-refractivity contribution is 5.62. The van der Waals surface area contributed by atoms with Crippen molar-refractivity contribution in [1.82, 2.24) is 19.6 Å². The maximum absolute atomic E-state index is 4.44. The Morgan fingerprint density at radius 1 is 1.21 bits per heavy atom. The summed E-state index contributed by atoms with van der Waals surface area (Å²) in [6.07, 6.45) is 10.2. The van der Waals surface area contributed by atoms with Gasteiger partial charge in [-0.2, -0.15) is 0 Å². The zero-order valence-corrected chi connectivity index (χ0v) is 11.6. The van der Waals surface area contributed by atoms with Gasteiger partial charge in [0, 0.05) is 18.4 Å². The van der Waals surface area contributed by atoms with E-state index in [-0.39, 0.29) is 0 Å². The van der Waals surface area contributed by atoms with Gasteiger partial charge in [-0.15, -0.1) is 10.2 Å². The molecule has 2 aromatic rings. The van der Waals surface area contributed by atoms with Crippen LogP contribution in [0.5, 0.6) is 0 Å². The average Bonchev–Trinajstić information content (AvgIpc) is 2.67. The van der Waals surface area contributed by atoms with Gasteiger partial charge in [-0.05, 0) is 25.7 Å². The lowest BCUT2D eigenvalue weighted by Crippen LogP contribution is -2.27. The van der Waals surface area contributed by atoms with E-state index in [0.717, 1.165) is 17.3 Å². The summed E-state index contributed by atoms with van der Waals surface area (Å²) in [5.41, 5.74) is 0.830. The van der Waals surface area contributed by atoms with Gasteiger partial charge in [-0.1, -0.05) is 26.2 Å². The van der Waals surface area contributed by atoms with Crippen molar-refractivity contribution in [3.05, 3.63) is 18.2 Å². The number of nitrogens with zero attached hydrogens (tertiary/aromatic N) is 4. The number of hydrogen-bond acceptors (Lipinski definition) is 4. The molecule has 0 spiro atoms. The van der Waals surface area contributed by atoms with Crippen LogP contribution in [0.3, 0.4) is 0 Å². The summed E-state index contributed by atoms with van der Waals surface area (Å²) in [6.45, 7) is 4.29. The van der Waals surface area contributed by atoms with Crippen LogP contribution in [0.1, 0.15) is 44.9 Å². The highest BCUT2D eigenvalue weighted by atomic mass is 15.3. The van der Waals surface area contributed by atoms with E-state index in [1.165, 1.54) is 32.1 Å². The second-order valence-corrected chi connectivity index (χ2v) is 5.58. The first-order valence-electron chi connectivity index (χ1n) is 7.18. The number of anilines is 1. The van der Waals surface area contributed by atoms with E-state index in [4.69, 9.17) is 0 Å². The average molecular weight is 259 g/mol. The molecule has 2 unspecified atom stereocenters. The SMILES string of the molecule is Cc1nnc2c(NC3CCCCCC3C)nccn12. The van der Waals surface area contributed by atoms with E-state index < -0.39 is 0 Å². The fourth-order valence-corrected chi connectivity index (χ4v) is 2.93. The van der Waals surface area contributed by atoms with Crippen LogP contribution in [0.25, 0.3) is 5.65 Å². The van der Waals surface area contributed by atoms with Crippen LogP contribution in [-0.2, 0) is 0 Å². The van der Waals surface area contributed by atoms with Gasteiger partial charge in [0.2, 0.25) is 5.65 Å². The molecule has 2 aromatic heterocycles. The third kappa shape index (κ3) is 2.41. The van der Waals surface area contributed by atoms with Crippen LogP contribution in [0.15, 0.2) is 12.4 Å². The van der Waals surface area contributed by atoms with Crippen molar-refractivity contribution in [2.45, 2.75) is 52.0 Å². The molecular formula is C14H21N5. The van der Waals surface area contributed by atoms with E-state index in [0.29, 0.717) is 12.0 Å². The van der Waals surface area contributed by atoms with E-state index in [9.17, 15) is 0 Å². The van der Waals surface area contributed by atoms with Crippen LogP contribution in [-0.4, -0.2) is 25.6 Å². The van der Waals surface area contributed by atoms with Crippen LogP contribution in [0.2, 0.25) is 0 Å². The summed E-state index contributed by atoms with van der Waals surface area (Å²) in [4.78, 5) is 4.44. The fourth-order valence-electron chi connectivity index (χ4n) is 2.93. The number of nitrogens with one attached hydrogen (secondary N) is 1. The standard InChI is InChI=1S/C14H21N5/c1-10-6-4-3-5-7-12(10)16-13-14-18-17-11(2)19(14)9-8-15-13/h8-10,12H,3-7H2,1-2H3,(H,15,16). The minimum absolute atomic E-state index is 0.498. The first-order chi connectivity index (χ1) is 9.25. The molecule has 1 aliphatic rings. The molecule has 5 heteroatoms. The van der Waals surface area contributed by atoms with Crippen molar-refractivity contribution in [2.24, 2.45) is 5.92 Å². The second-order valence-electron chi connectivity index (χ2n) is 5.58. The van der Waals surface area contributed by atoms with E-state index in [1.807, 2.05) is 23.7 Å². The van der Waals surface area contributed by atoms with E-state index in [2.05, 4.69) is 27.4 Å². The summed E-state index contributed by atoms with van der Waals surface area (Å²) < 4.78 is 1.98. The Labute approximate surface area is 113 Å². The fraction of sp³-hybridized carbons (Fsp3) is 0.643. The normalized spacial score (nSPS) is 24.3. The molecule has 2 heterocycles. The Balaban J connectivity index is 1.88. The van der Waals surface area contributed by atoms with Crippen molar-refractivity contribution in [2.75, 3.05) is 5.32 Å². The van der Waals surface area contributed by atoms with Crippen LogP contribution in [0.4, 0.5) is 5.82 Å². The molecule has 0 aromatic carbocycles. The largest absolute Gasteiger partial charge is 0.364 e. The molecule has 1 aliphatic carbocycles. The lowest BCUT2D eigenvalue weighted by Gasteiger charge is -2.23. The van der Waals surface area contributed by atoms with Gasteiger partial charge in [0.15, 0.2) is 5.82 Å². The Morgan fingerprint density at radius 3 is 2.95 bits per heavy atom. The molecule has 3 rings (SSSR count). The van der Waals surface area contributed by atoms with Gasteiger partial charge in [0.1, 0.15) is 5.82 Å². The first kappa shape index (κ1) is 12.4. The molecular weight excluding hydrogens is 238 g/mol. The molecule has 5 nitrogen and oxygen atoms in total. The summed E-state index contributed by atoms with van der Waals surface area (Å²) in [5.74, 6) is 2.45. The molecule has 1 fully saturated rings. The lowest BCUT2D eigenvalue weighted by atomic mass is 9.97. The first-order valence-corrected chi connectivity index (χ1v) is 7.18. The third-order valence-electron chi connectivity index (χ3n) is 4.18. The molecule has 0 radical (unpaired) electrons. The van der Waals surface area contributed by atoms with Crippen LogP contribution in [0, 0.1) is 12.8 Å². The predicted octanol–water partition coefficient (Wildman–Crippen LogP) is 2.81. The molecule has 1 N–H and O–H groups in total. The van der Waals surface area contributed by atoms with Gasteiger partial charge in [0.25, 0.3) is 0 Å². The Bertz CT molecular complexity index is 562. The maximum atomic E-state index is 4.44. The van der Waals surface area contributed by atoms with Gasteiger partial charge < -0.3 is 5.32 Å². The molecule has 0 bridgehead atoms. The zero-order valence-electron chi connectivity index (χ0n) is 11.6. The van der Waals surface area contributed by atoms with Crippen molar-refractivity contribution < 1.29 is 0 Å². The Morgan fingerprint density at radius 2 is 2.05 bits per heavy atom. The van der Waals surface area contributed by atoms with Gasteiger partial charge in [-0.25, -0.2) is 4.98 Å². The molecule has 2 atom stereocenters. The second kappa shape index (κ2) is 5.15. The predicted molar refractivity (Wildman–Crippen MR) is 75.2 cm³/mol. The van der Waals surface area contributed by atoms with E-state index in [1.54, 1.807) is 0 Å². The summed E-state index contributed by atoms with van der Waals surface area (Å²) in [7, 11) is 0. The van der Waals surface area contributed by atoms with Crippen LogP contribution >= 0.6 is 0 Å². The monoisotopic (exact) mass is 259 g/mol. The number of rotatable bonds is 2. The quantitative estimate of drug-likeness (QED) is 0.843. The third-order valence-corrected chi connectivity index (χ3v) is 4.18. The van der Waals surface area contributed by atoms with Gasteiger partial charge >= 0.3 is 0 Å². The highest BCUT2D eigenvalue weighted by Gasteiger charge is 2.21. The minimum Gasteiger partial charge on any atom is -0.364 e. The van der Waals surface area contributed by atoms with Crippen molar-refractivity contribution >= 4 is 11.5 Å². The molecule has 102 valence electrons. The van der Waals surface area contributed by atoms with Crippen molar-refractivity contribution in [3.8, 4) is 0 Å². The summed E-state index contributed by atoms with van der Waals surface area (Å²) >= 11 is 0. The van der Waals surface area contributed by atoms with Crippen molar-refractivity contribution in [3.63, 3.8) is 0 Å². The number of aromatic nitrogens is 4. The topological polar surface area (TPSA) is 55.1 Å². The molecule has 0 saturated heterocycles. The minimum atomic E-state index is 0.498. The molecule has 0 amide bonds. The molecule has 19 heavy (non-hydrogen) atoms. The molecule has 1 saturated carbocycles. The smallest absolute Gasteiger partial charge is 0.203 e. The lowest BCUT2D eigenvalue weighted by molar-refractivity contribution is 0.456.